The van der Waals surface area contributed by atoms with Gasteiger partial charge in [0.2, 0.25) is 0 Å². The molecule has 5 nitrogen and oxygen atoms in total. The Bertz CT molecular complexity index is 648. The lowest BCUT2D eigenvalue weighted by Crippen LogP contribution is -2.16. The van der Waals surface area contributed by atoms with E-state index >= 15 is 0 Å². The standard InChI is InChI=1S/C14H14ClN3O2/c1-8-6-10(15)7-9(2)13(8)20-11-4-3-5-17-12(11)14(16)18-19/h3-7,19H,1-2H3,(H2,16,18). The lowest BCUT2D eigenvalue weighted by Gasteiger charge is -2.14. The fraction of sp³-hybridized carbons (Fsp3) is 0.143. The van der Waals surface area contributed by atoms with Gasteiger partial charge in [-0.05, 0) is 49.2 Å². The Balaban J connectivity index is 2.46. The molecule has 3 N–H and O–H groups in total. The maximum Gasteiger partial charge on any atom is 0.192 e. The van der Waals surface area contributed by atoms with Gasteiger partial charge in [0.25, 0.3) is 0 Å². The first-order valence-corrected chi connectivity index (χ1v) is 6.28. The van der Waals surface area contributed by atoms with Crippen molar-refractivity contribution in [2.75, 3.05) is 0 Å². The molecule has 20 heavy (non-hydrogen) atoms. The van der Waals surface area contributed by atoms with Gasteiger partial charge in [-0.2, -0.15) is 0 Å². The molecule has 0 aliphatic carbocycles. The first-order chi connectivity index (χ1) is 9.52. The number of amidine groups is 1. The summed E-state index contributed by atoms with van der Waals surface area (Å²) in [5.74, 6) is 0.982. The number of ether oxygens (including phenoxy) is 1. The van der Waals surface area contributed by atoms with Gasteiger partial charge in [-0.25, -0.2) is 4.98 Å². The SMILES string of the molecule is Cc1cc(Cl)cc(C)c1Oc1cccnc1/C(N)=N/O. The van der Waals surface area contributed by atoms with Gasteiger partial charge in [0.05, 0.1) is 0 Å². The summed E-state index contributed by atoms with van der Waals surface area (Å²) in [6.45, 7) is 3.79. The Morgan fingerprint density at radius 2 is 2.00 bits per heavy atom. The highest BCUT2D eigenvalue weighted by Gasteiger charge is 2.13. The molecule has 2 rings (SSSR count). The molecule has 1 heterocycles. The van der Waals surface area contributed by atoms with Crippen LogP contribution in [0.3, 0.4) is 0 Å². The second-order valence-corrected chi connectivity index (χ2v) is 4.74. The molecule has 0 bridgehead atoms. The largest absolute Gasteiger partial charge is 0.454 e. The fourth-order valence-electron chi connectivity index (χ4n) is 1.88. The molecular weight excluding hydrogens is 278 g/mol. The van der Waals surface area contributed by atoms with E-state index in [1.165, 1.54) is 0 Å². The van der Waals surface area contributed by atoms with Crippen LogP contribution in [0.25, 0.3) is 0 Å². The van der Waals surface area contributed by atoms with Gasteiger partial charge in [0, 0.05) is 11.2 Å². The van der Waals surface area contributed by atoms with Crippen LogP contribution in [0.2, 0.25) is 5.02 Å². The first-order valence-electron chi connectivity index (χ1n) is 5.90. The third-order valence-electron chi connectivity index (χ3n) is 2.76. The van der Waals surface area contributed by atoms with Crippen molar-refractivity contribution in [1.82, 2.24) is 4.98 Å². The number of aromatic nitrogens is 1. The first kappa shape index (κ1) is 14.1. The van der Waals surface area contributed by atoms with Crippen LogP contribution in [0.5, 0.6) is 11.5 Å². The number of halogens is 1. The van der Waals surface area contributed by atoms with E-state index in [4.69, 9.17) is 27.3 Å². The summed E-state index contributed by atoms with van der Waals surface area (Å²) in [5.41, 5.74) is 7.65. The average Bonchev–Trinajstić information content (AvgIpc) is 2.42. The molecule has 104 valence electrons. The molecule has 6 heteroatoms. The molecule has 0 radical (unpaired) electrons. The highest BCUT2D eigenvalue weighted by molar-refractivity contribution is 6.30. The van der Waals surface area contributed by atoms with Gasteiger partial charge < -0.3 is 15.7 Å². The van der Waals surface area contributed by atoms with Crippen LogP contribution in [-0.4, -0.2) is 16.0 Å². The smallest absolute Gasteiger partial charge is 0.192 e. The maximum absolute atomic E-state index is 8.77. The number of nitrogens with two attached hydrogens (primary N) is 1. The Kier molecular flexibility index (Phi) is 4.10. The molecule has 1 aromatic heterocycles. The van der Waals surface area contributed by atoms with E-state index in [1.54, 1.807) is 18.3 Å². The number of nitrogens with zero attached hydrogens (tertiary/aromatic N) is 2. The minimum atomic E-state index is -0.107. The van der Waals surface area contributed by atoms with Crippen molar-refractivity contribution in [3.05, 3.63) is 52.3 Å². The molecule has 0 unspecified atom stereocenters. The molecule has 2 aromatic rings. The van der Waals surface area contributed by atoms with E-state index in [-0.39, 0.29) is 11.5 Å². The second kappa shape index (κ2) is 5.79. The van der Waals surface area contributed by atoms with Gasteiger partial charge in [-0.15, -0.1) is 0 Å². The average molecular weight is 292 g/mol. The minimum Gasteiger partial charge on any atom is -0.454 e. The summed E-state index contributed by atoms with van der Waals surface area (Å²) in [6.07, 6.45) is 1.54. The molecule has 0 aliphatic heterocycles. The third-order valence-corrected chi connectivity index (χ3v) is 2.98. The monoisotopic (exact) mass is 291 g/mol. The topological polar surface area (TPSA) is 80.7 Å². The summed E-state index contributed by atoms with van der Waals surface area (Å²) in [6, 6.07) is 7.03. The van der Waals surface area contributed by atoms with Crippen molar-refractivity contribution < 1.29 is 9.94 Å². The van der Waals surface area contributed by atoms with Crippen LogP contribution in [0, 0.1) is 13.8 Å². The van der Waals surface area contributed by atoms with Gasteiger partial charge in [0.1, 0.15) is 5.75 Å². The third kappa shape index (κ3) is 2.83. The van der Waals surface area contributed by atoms with Gasteiger partial charge in [-0.1, -0.05) is 16.8 Å². The van der Waals surface area contributed by atoms with Gasteiger partial charge in [0.15, 0.2) is 17.3 Å². The summed E-state index contributed by atoms with van der Waals surface area (Å²) >= 11 is 5.99. The molecule has 0 atom stereocenters. The number of oxime groups is 1. The van der Waals surface area contributed by atoms with Crippen molar-refractivity contribution in [2.45, 2.75) is 13.8 Å². The number of hydrogen-bond donors (Lipinski definition) is 2. The van der Waals surface area contributed by atoms with Crippen molar-refractivity contribution in [2.24, 2.45) is 10.9 Å². The van der Waals surface area contributed by atoms with Crippen LogP contribution < -0.4 is 10.5 Å². The van der Waals surface area contributed by atoms with Gasteiger partial charge in [-0.3, -0.25) is 0 Å². The van der Waals surface area contributed by atoms with Crippen molar-refractivity contribution >= 4 is 17.4 Å². The number of hydrogen-bond acceptors (Lipinski definition) is 4. The molecule has 0 saturated heterocycles. The zero-order chi connectivity index (χ0) is 14.7. The molecular formula is C14H14ClN3O2. The van der Waals surface area contributed by atoms with Crippen LogP contribution in [0.4, 0.5) is 0 Å². The molecule has 0 amide bonds. The maximum atomic E-state index is 8.77. The summed E-state index contributed by atoms with van der Waals surface area (Å²) in [4.78, 5) is 4.06. The Hall–Kier alpha value is -2.27. The molecule has 1 aromatic carbocycles. The number of pyridine rings is 1. The van der Waals surface area contributed by atoms with Crippen molar-refractivity contribution in [3.63, 3.8) is 0 Å². The van der Waals surface area contributed by atoms with Crippen LogP contribution >= 0.6 is 11.6 Å². The fourth-order valence-corrected chi connectivity index (χ4v) is 2.21. The zero-order valence-corrected chi connectivity index (χ0v) is 11.8. The summed E-state index contributed by atoms with van der Waals surface area (Å²) in [5, 5.41) is 12.4. The quantitative estimate of drug-likeness (QED) is 0.394. The highest BCUT2D eigenvalue weighted by atomic mass is 35.5. The van der Waals surface area contributed by atoms with Crippen LogP contribution in [0.1, 0.15) is 16.8 Å². The molecule has 0 aliphatic rings. The lowest BCUT2D eigenvalue weighted by molar-refractivity contribution is 0.318. The molecule has 0 spiro atoms. The number of benzene rings is 1. The number of rotatable bonds is 3. The molecule has 0 fully saturated rings. The van der Waals surface area contributed by atoms with Crippen molar-refractivity contribution in [3.8, 4) is 11.5 Å². The lowest BCUT2D eigenvalue weighted by atomic mass is 10.1. The van der Waals surface area contributed by atoms with E-state index in [1.807, 2.05) is 26.0 Å². The van der Waals surface area contributed by atoms with Gasteiger partial charge >= 0.3 is 0 Å². The normalized spacial score (nSPS) is 11.4. The second-order valence-electron chi connectivity index (χ2n) is 4.31. The minimum absolute atomic E-state index is 0.107. The predicted molar refractivity (Wildman–Crippen MR) is 77.7 cm³/mol. The highest BCUT2D eigenvalue weighted by Crippen LogP contribution is 2.32. The Labute approximate surface area is 121 Å². The summed E-state index contributed by atoms with van der Waals surface area (Å²) in [7, 11) is 0. The Morgan fingerprint density at radius 1 is 1.35 bits per heavy atom. The van der Waals surface area contributed by atoms with Crippen LogP contribution in [0.15, 0.2) is 35.6 Å². The summed E-state index contributed by atoms with van der Waals surface area (Å²) < 4.78 is 5.86. The zero-order valence-electron chi connectivity index (χ0n) is 11.1. The van der Waals surface area contributed by atoms with E-state index in [9.17, 15) is 0 Å². The Morgan fingerprint density at radius 3 is 2.60 bits per heavy atom. The van der Waals surface area contributed by atoms with E-state index in [0.29, 0.717) is 16.5 Å². The van der Waals surface area contributed by atoms with Crippen LogP contribution in [-0.2, 0) is 0 Å². The van der Waals surface area contributed by atoms with Crippen molar-refractivity contribution in [1.29, 1.82) is 0 Å². The van der Waals surface area contributed by atoms with E-state index in [2.05, 4.69) is 10.1 Å². The number of aryl methyl sites for hydroxylation is 2. The van der Waals surface area contributed by atoms with E-state index < -0.39 is 0 Å². The van der Waals surface area contributed by atoms with E-state index in [0.717, 1.165) is 11.1 Å². The predicted octanol–water partition coefficient (Wildman–Crippen LogP) is 3.24. The molecule has 0 saturated carbocycles.